The lowest BCUT2D eigenvalue weighted by Crippen LogP contribution is -2.27. The summed E-state index contributed by atoms with van der Waals surface area (Å²) in [4.78, 5) is 0.233. The zero-order valence-electron chi connectivity index (χ0n) is 10.5. The van der Waals surface area contributed by atoms with Crippen molar-refractivity contribution < 1.29 is 8.95 Å². The van der Waals surface area contributed by atoms with E-state index in [-0.39, 0.29) is 5.41 Å². The Morgan fingerprint density at radius 1 is 1.25 bits per heavy atom. The van der Waals surface area contributed by atoms with Crippen molar-refractivity contribution in [2.75, 3.05) is 0 Å². The number of rotatable bonds is 0. The van der Waals surface area contributed by atoms with Crippen molar-refractivity contribution in [3.05, 3.63) is 23.8 Å². The van der Waals surface area contributed by atoms with Crippen LogP contribution in [0.2, 0.25) is 0 Å². The molecule has 0 amide bonds. The van der Waals surface area contributed by atoms with Gasteiger partial charge in [0.15, 0.2) is 4.93 Å². The molecule has 0 saturated heterocycles. The Morgan fingerprint density at radius 2 is 1.88 bits per heavy atom. The van der Waals surface area contributed by atoms with Crippen LogP contribution in [0.15, 0.2) is 23.1 Å². The third-order valence-corrected chi connectivity index (χ3v) is 4.51. The Hall–Kier alpha value is -0.830. The van der Waals surface area contributed by atoms with Gasteiger partial charge in [-0.2, -0.15) is 0 Å². The molecule has 1 unspecified atom stereocenters. The van der Waals surface area contributed by atoms with Gasteiger partial charge in [0.1, 0.15) is 16.5 Å². The lowest BCUT2D eigenvalue weighted by Gasteiger charge is -2.19. The first-order valence-corrected chi connectivity index (χ1v) is 6.62. The maximum Gasteiger partial charge on any atom is 0.182 e. The molecular weight excluding hydrogens is 220 g/mol. The standard InChI is InChI=1S/C13H18O2S/c1-12(2,3)9-6-7-10-11(8-9)16(14)13(4,5)15-10/h6-8H,1-5H3. The molecule has 1 aliphatic rings. The van der Waals surface area contributed by atoms with Crippen LogP contribution in [0, 0.1) is 0 Å². The molecule has 0 N–H and O–H groups in total. The Labute approximate surface area is 99.5 Å². The molecule has 0 saturated carbocycles. The van der Waals surface area contributed by atoms with Crippen LogP contribution in [0.4, 0.5) is 0 Å². The van der Waals surface area contributed by atoms with Gasteiger partial charge < -0.3 is 4.74 Å². The Bertz CT molecular complexity index is 455. The van der Waals surface area contributed by atoms with Crippen LogP contribution in [-0.2, 0) is 16.2 Å². The van der Waals surface area contributed by atoms with Crippen molar-refractivity contribution in [1.29, 1.82) is 0 Å². The highest BCUT2D eigenvalue weighted by Gasteiger charge is 2.38. The Balaban J connectivity index is 2.52. The molecule has 1 atom stereocenters. The second kappa shape index (κ2) is 3.33. The molecule has 0 radical (unpaired) electrons. The molecule has 1 heterocycles. The third kappa shape index (κ3) is 1.77. The number of fused-ring (bicyclic) bond motifs is 1. The zero-order chi connectivity index (χ0) is 12.1. The minimum Gasteiger partial charge on any atom is -0.473 e. The fourth-order valence-electron chi connectivity index (χ4n) is 1.77. The van der Waals surface area contributed by atoms with Crippen LogP contribution in [-0.4, -0.2) is 9.14 Å². The van der Waals surface area contributed by atoms with Gasteiger partial charge in [-0.25, -0.2) is 0 Å². The van der Waals surface area contributed by atoms with E-state index in [1.807, 2.05) is 26.0 Å². The van der Waals surface area contributed by atoms with Crippen LogP contribution < -0.4 is 4.74 Å². The van der Waals surface area contributed by atoms with E-state index in [1.165, 1.54) is 5.56 Å². The Kier molecular flexibility index (Phi) is 2.42. The molecule has 0 aromatic heterocycles. The van der Waals surface area contributed by atoms with E-state index in [2.05, 4.69) is 26.8 Å². The van der Waals surface area contributed by atoms with E-state index in [0.717, 1.165) is 10.6 Å². The maximum atomic E-state index is 12.2. The number of hydrogen-bond acceptors (Lipinski definition) is 2. The molecule has 0 aliphatic carbocycles. The molecule has 2 nitrogen and oxygen atoms in total. The summed E-state index contributed by atoms with van der Waals surface area (Å²) in [5.74, 6) is 0.760. The van der Waals surface area contributed by atoms with E-state index in [9.17, 15) is 4.21 Å². The molecule has 1 aliphatic heterocycles. The molecule has 2 rings (SSSR count). The quantitative estimate of drug-likeness (QED) is 0.693. The lowest BCUT2D eigenvalue weighted by molar-refractivity contribution is 0.210. The van der Waals surface area contributed by atoms with Gasteiger partial charge in [-0.1, -0.05) is 26.8 Å². The van der Waals surface area contributed by atoms with Crippen LogP contribution in [0.25, 0.3) is 0 Å². The van der Waals surface area contributed by atoms with Gasteiger partial charge in [-0.15, -0.1) is 0 Å². The van der Waals surface area contributed by atoms with Crippen molar-refractivity contribution in [3.8, 4) is 5.75 Å². The lowest BCUT2D eigenvalue weighted by atomic mass is 9.87. The molecule has 0 fully saturated rings. The number of benzene rings is 1. The minimum absolute atomic E-state index is 0.0754. The highest BCUT2D eigenvalue weighted by Crippen LogP contribution is 2.40. The first kappa shape index (κ1) is 11.6. The second-order valence-electron chi connectivity index (χ2n) is 5.68. The van der Waals surface area contributed by atoms with E-state index in [4.69, 9.17) is 4.74 Å². The van der Waals surface area contributed by atoms with Gasteiger partial charge in [0, 0.05) is 0 Å². The van der Waals surface area contributed by atoms with Gasteiger partial charge in [-0.05, 0) is 37.0 Å². The predicted molar refractivity (Wildman–Crippen MR) is 66.3 cm³/mol. The zero-order valence-corrected chi connectivity index (χ0v) is 11.3. The molecule has 3 heteroatoms. The molecule has 1 aromatic carbocycles. The summed E-state index contributed by atoms with van der Waals surface area (Å²) < 4.78 is 17.9. The highest BCUT2D eigenvalue weighted by molar-refractivity contribution is 7.86. The maximum absolute atomic E-state index is 12.2. The van der Waals surface area contributed by atoms with Crippen molar-refractivity contribution in [2.24, 2.45) is 0 Å². The molecule has 0 bridgehead atoms. The molecule has 16 heavy (non-hydrogen) atoms. The minimum atomic E-state index is -1.08. The normalized spacial score (nSPS) is 22.7. The predicted octanol–water partition coefficient (Wildman–Crippen LogP) is 3.22. The van der Waals surface area contributed by atoms with Crippen molar-refractivity contribution >= 4 is 10.8 Å². The Morgan fingerprint density at radius 3 is 2.44 bits per heavy atom. The average Bonchev–Trinajstić information content (AvgIpc) is 2.36. The van der Waals surface area contributed by atoms with E-state index in [0.29, 0.717) is 0 Å². The SMILES string of the molecule is CC(C)(C)c1ccc2c(c1)S(=O)C(C)(C)O2. The van der Waals surface area contributed by atoms with Crippen LogP contribution in [0.3, 0.4) is 0 Å². The fraction of sp³-hybridized carbons (Fsp3) is 0.538. The van der Waals surface area contributed by atoms with Crippen LogP contribution in [0.1, 0.15) is 40.2 Å². The van der Waals surface area contributed by atoms with Crippen LogP contribution >= 0.6 is 0 Å². The number of hydrogen-bond donors (Lipinski definition) is 0. The van der Waals surface area contributed by atoms with Crippen LogP contribution in [0.5, 0.6) is 5.75 Å². The highest BCUT2D eigenvalue weighted by atomic mass is 32.2. The molecule has 0 spiro atoms. The third-order valence-electron chi connectivity index (χ3n) is 2.81. The van der Waals surface area contributed by atoms with E-state index in [1.54, 1.807) is 0 Å². The van der Waals surface area contributed by atoms with Crippen molar-refractivity contribution in [3.63, 3.8) is 0 Å². The molecule has 1 aromatic rings. The summed E-state index contributed by atoms with van der Waals surface area (Å²) in [6.45, 7) is 10.2. The molecule has 88 valence electrons. The monoisotopic (exact) mass is 238 g/mol. The summed E-state index contributed by atoms with van der Waals surface area (Å²) in [5.41, 5.74) is 1.27. The summed E-state index contributed by atoms with van der Waals surface area (Å²) in [6, 6.07) is 6.00. The molecular formula is C13H18O2S. The first-order chi connectivity index (χ1) is 7.22. The topological polar surface area (TPSA) is 26.3 Å². The van der Waals surface area contributed by atoms with Gasteiger partial charge in [0.25, 0.3) is 0 Å². The van der Waals surface area contributed by atoms with E-state index < -0.39 is 15.7 Å². The van der Waals surface area contributed by atoms with Crippen molar-refractivity contribution in [1.82, 2.24) is 0 Å². The smallest absolute Gasteiger partial charge is 0.182 e. The van der Waals surface area contributed by atoms with Gasteiger partial charge >= 0.3 is 0 Å². The second-order valence-corrected chi connectivity index (χ2v) is 7.64. The van der Waals surface area contributed by atoms with Crippen molar-refractivity contribution in [2.45, 2.75) is 49.9 Å². The first-order valence-electron chi connectivity index (χ1n) is 5.47. The average molecular weight is 238 g/mol. The summed E-state index contributed by atoms with van der Waals surface area (Å²) in [6.07, 6.45) is 0. The van der Waals surface area contributed by atoms with Gasteiger partial charge in [0.05, 0.1) is 4.90 Å². The summed E-state index contributed by atoms with van der Waals surface area (Å²) in [5, 5.41) is 0. The number of ether oxygens (including phenoxy) is 1. The largest absolute Gasteiger partial charge is 0.473 e. The fourth-order valence-corrected chi connectivity index (χ4v) is 2.99. The summed E-state index contributed by atoms with van der Waals surface area (Å²) >= 11 is 0. The van der Waals surface area contributed by atoms with E-state index >= 15 is 0 Å². The van der Waals surface area contributed by atoms with Gasteiger partial charge in [-0.3, -0.25) is 4.21 Å². The van der Waals surface area contributed by atoms with Gasteiger partial charge in [0.2, 0.25) is 0 Å². The summed E-state index contributed by atoms with van der Waals surface area (Å²) in [7, 11) is -1.08.